The highest BCUT2D eigenvalue weighted by atomic mass is 16.3. The second-order valence-corrected chi connectivity index (χ2v) is 16.4. The van der Waals surface area contributed by atoms with E-state index >= 15 is 0 Å². The molecule has 11 aromatic rings. The predicted molar refractivity (Wildman–Crippen MR) is 262 cm³/mol. The zero-order chi connectivity index (χ0) is 41.7. The molecule has 0 saturated carbocycles. The molecule has 0 bridgehead atoms. The van der Waals surface area contributed by atoms with Gasteiger partial charge in [-0.15, -0.1) is 0 Å². The smallest absolute Gasteiger partial charge is 0.143 e. The number of hydrogen-bond donors (Lipinski definition) is 0. The Labute approximate surface area is 367 Å². The van der Waals surface area contributed by atoms with E-state index in [4.69, 9.17) is 4.42 Å². The minimum Gasteiger partial charge on any atom is -0.455 e. The Morgan fingerprint density at radius 2 is 0.794 bits per heavy atom. The summed E-state index contributed by atoms with van der Waals surface area (Å²) in [6.07, 6.45) is 0. The maximum absolute atomic E-state index is 6.54. The first kappa shape index (κ1) is 36.6. The van der Waals surface area contributed by atoms with Crippen molar-refractivity contribution in [2.45, 2.75) is 5.41 Å². The quantitative estimate of drug-likeness (QED) is 0.152. The molecule has 0 amide bonds. The van der Waals surface area contributed by atoms with Gasteiger partial charge in [-0.3, -0.25) is 0 Å². The second kappa shape index (κ2) is 15.1. The third-order valence-corrected chi connectivity index (χ3v) is 13.0. The van der Waals surface area contributed by atoms with Crippen LogP contribution >= 0.6 is 0 Å². The first-order chi connectivity index (χ1) is 31.2. The number of furan rings is 1. The lowest BCUT2D eigenvalue weighted by Gasteiger charge is -2.34. The van der Waals surface area contributed by atoms with Crippen LogP contribution in [0.15, 0.2) is 253 Å². The van der Waals surface area contributed by atoms with E-state index in [1.165, 1.54) is 55.6 Å². The number of benzene rings is 10. The Bertz CT molecular complexity index is 3390. The largest absolute Gasteiger partial charge is 0.455 e. The molecule has 2 heteroatoms. The van der Waals surface area contributed by atoms with Crippen LogP contribution in [0, 0.1) is 0 Å². The van der Waals surface area contributed by atoms with E-state index in [1.54, 1.807) is 0 Å². The minimum absolute atomic E-state index is 0.473. The van der Waals surface area contributed by atoms with Crippen molar-refractivity contribution in [2.75, 3.05) is 4.90 Å². The van der Waals surface area contributed by atoms with Crippen LogP contribution in [0.2, 0.25) is 0 Å². The maximum Gasteiger partial charge on any atom is 0.143 e. The molecule has 1 aromatic heterocycles. The standard InChI is InChI=1S/C61H41NO/c1-3-16-42(17-4-1)44-18-13-19-45(40-44)43-32-36-49(37-33-43)62(51-23-14-20-46(41-51)52-27-15-28-56-55-26-9-12-31-59(55)63-60(52)56)50-38-34-48(35-39-50)61(47-21-5-2-6-22-47)57-29-10-7-24-53(57)54-25-8-11-30-58(54)61/h1-41H. The fraction of sp³-hybridized carbons (Fsp3) is 0.0164. The topological polar surface area (TPSA) is 16.4 Å². The molecule has 2 nitrogen and oxygen atoms in total. The van der Waals surface area contributed by atoms with Gasteiger partial charge in [0.05, 0.1) is 5.41 Å². The van der Waals surface area contributed by atoms with E-state index < -0.39 is 5.41 Å². The van der Waals surface area contributed by atoms with Gasteiger partial charge in [-0.25, -0.2) is 0 Å². The SMILES string of the molecule is c1ccc(-c2cccc(-c3ccc(N(c4ccc(C5(c6ccccc6)c6ccccc6-c6ccccc65)cc4)c4cccc(-c5cccc6c5oc5ccccc56)c4)cc3)c2)cc1. The molecule has 0 spiro atoms. The van der Waals surface area contributed by atoms with Gasteiger partial charge in [0.1, 0.15) is 11.2 Å². The van der Waals surface area contributed by atoms with Crippen LogP contribution in [0.4, 0.5) is 17.1 Å². The lowest BCUT2D eigenvalue weighted by molar-refractivity contribution is 0.670. The highest BCUT2D eigenvalue weighted by molar-refractivity contribution is 6.09. The molecule has 63 heavy (non-hydrogen) atoms. The van der Waals surface area contributed by atoms with Gasteiger partial charge >= 0.3 is 0 Å². The molecular formula is C61H41NO. The summed E-state index contributed by atoms with van der Waals surface area (Å²) in [6.45, 7) is 0. The Morgan fingerprint density at radius 3 is 1.51 bits per heavy atom. The molecule has 10 aromatic carbocycles. The fourth-order valence-electron chi connectivity index (χ4n) is 10.1. The van der Waals surface area contributed by atoms with E-state index in [1.807, 2.05) is 12.1 Å². The van der Waals surface area contributed by atoms with Crippen molar-refractivity contribution in [2.24, 2.45) is 0 Å². The van der Waals surface area contributed by atoms with Gasteiger partial charge in [-0.1, -0.05) is 200 Å². The second-order valence-electron chi connectivity index (χ2n) is 16.4. The summed E-state index contributed by atoms with van der Waals surface area (Å²) in [7, 11) is 0. The number of rotatable bonds is 8. The number of nitrogens with zero attached hydrogens (tertiary/aromatic N) is 1. The van der Waals surface area contributed by atoms with Crippen LogP contribution < -0.4 is 4.90 Å². The molecule has 0 atom stereocenters. The molecule has 0 aliphatic heterocycles. The van der Waals surface area contributed by atoms with Gasteiger partial charge in [0, 0.05) is 33.4 Å². The number of fused-ring (bicyclic) bond motifs is 6. The number of para-hydroxylation sites is 2. The molecule has 0 unspecified atom stereocenters. The van der Waals surface area contributed by atoms with Crippen molar-refractivity contribution in [3.63, 3.8) is 0 Å². The number of anilines is 3. The van der Waals surface area contributed by atoms with Crippen LogP contribution in [-0.4, -0.2) is 0 Å². The summed E-state index contributed by atoms with van der Waals surface area (Å²) < 4.78 is 6.54. The van der Waals surface area contributed by atoms with Gasteiger partial charge in [-0.2, -0.15) is 0 Å². The lowest BCUT2D eigenvalue weighted by Crippen LogP contribution is -2.28. The fourth-order valence-corrected chi connectivity index (χ4v) is 10.1. The summed E-state index contributed by atoms with van der Waals surface area (Å²) in [5.74, 6) is 0. The zero-order valence-corrected chi connectivity index (χ0v) is 34.5. The molecule has 0 saturated heterocycles. The maximum atomic E-state index is 6.54. The summed E-state index contributed by atoms with van der Waals surface area (Å²) >= 11 is 0. The Morgan fingerprint density at radius 1 is 0.302 bits per heavy atom. The van der Waals surface area contributed by atoms with Crippen LogP contribution in [-0.2, 0) is 5.41 Å². The molecular weight excluding hydrogens is 763 g/mol. The van der Waals surface area contributed by atoms with Crippen molar-refractivity contribution in [3.05, 3.63) is 271 Å². The van der Waals surface area contributed by atoms with Gasteiger partial charge in [0.25, 0.3) is 0 Å². The highest BCUT2D eigenvalue weighted by Crippen LogP contribution is 2.56. The van der Waals surface area contributed by atoms with E-state index in [0.29, 0.717) is 0 Å². The first-order valence-electron chi connectivity index (χ1n) is 21.7. The molecule has 1 aliphatic carbocycles. The lowest BCUT2D eigenvalue weighted by atomic mass is 9.68. The highest BCUT2D eigenvalue weighted by Gasteiger charge is 2.45. The Hall–Kier alpha value is -8.20. The molecule has 296 valence electrons. The van der Waals surface area contributed by atoms with E-state index in [2.05, 4.69) is 241 Å². The summed E-state index contributed by atoms with van der Waals surface area (Å²) in [5, 5.41) is 2.25. The average molecular weight is 804 g/mol. The Balaban J connectivity index is 1.00. The molecule has 1 heterocycles. The summed E-state index contributed by atoms with van der Waals surface area (Å²) in [4.78, 5) is 2.38. The minimum atomic E-state index is -0.473. The average Bonchev–Trinajstić information content (AvgIpc) is 3.90. The van der Waals surface area contributed by atoms with Crippen molar-refractivity contribution < 1.29 is 4.42 Å². The zero-order valence-electron chi connectivity index (χ0n) is 34.5. The van der Waals surface area contributed by atoms with Crippen molar-refractivity contribution in [3.8, 4) is 44.5 Å². The van der Waals surface area contributed by atoms with Crippen LogP contribution in [0.1, 0.15) is 22.3 Å². The number of hydrogen-bond acceptors (Lipinski definition) is 2. The Kier molecular flexibility index (Phi) is 8.76. The predicted octanol–water partition coefficient (Wildman–Crippen LogP) is 16.4. The van der Waals surface area contributed by atoms with Crippen molar-refractivity contribution in [1.82, 2.24) is 0 Å². The van der Waals surface area contributed by atoms with E-state index in [0.717, 1.165) is 50.1 Å². The van der Waals surface area contributed by atoms with Gasteiger partial charge < -0.3 is 9.32 Å². The van der Waals surface area contributed by atoms with Gasteiger partial charge in [-0.05, 0) is 110 Å². The van der Waals surface area contributed by atoms with E-state index in [-0.39, 0.29) is 0 Å². The molecule has 0 N–H and O–H groups in total. The summed E-state index contributed by atoms with van der Waals surface area (Å²) in [6, 6.07) is 90.1. The van der Waals surface area contributed by atoms with Gasteiger partial charge in [0.15, 0.2) is 0 Å². The normalized spacial score (nSPS) is 12.6. The van der Waals surface area contributed by atoms with Crippen LogP contribution in [0.5, 0.6) is 0 Å². The molecule has 0 fully saturated rings. The summed E-state index contributed by atoms with van der Waals surface area (Å²) in [5.41, 5.74) is 19.1. The molecule has 1 aliphatic rings. The monoisotopic (exact) mass is 803 g/mol. The van der Waals surface area contributed by atoms with Gasteiger partial charge in [0.2, 0.25) is 0 Å². The molecule has 12 rings (SSSR count). The van der Waals surface area contributed by atoms with Crippen molar-refractivity contribution >= 4 is 39.0 Å². The third-order valence-electron chi connectivity index (χ3n) is 13.0. The van der Waals surface area contributed by atoms with Crippen molar-refractivity contribution in [1.29, 1.82) is 0 Å². The van der Waals surface area contributed by atoms with Crippen LogP contribution in [0.3, 0.4) is 0 Å². The molecule has 0 radical (unpaired) electrons. The third kappa shape index (κ3) is 6.02. The van der Waals surface area contributed by atoms with Crippen LogP contribution in [0.25, 0.3) is 66.4 Å². The van der Waals surface area contributed by atoms with E-state index in [9.17, 15) is 0 Å². The first-order valence-corrected chi connectivity index (χ1v) is 21.7.